The van der Waals surface area contributed by atoms with Gasteiger partial charge in [0.25, 0.3) is 11.8 Å². The van der Waals surface area contributed by atoms with Gasteiger partial charge in [-0.05, 0) is 55.7 Å². The number of hydrogen-bond acceptors (Lipinski definition) is 3. The second-order valence-electron chi connectivity index (χ2n) is 9.52. The molecule has 0 spiro atoms. The minimum Gasteiger partial charge on any atom is -0.340 e. The molecular weight excluding hydrogens is 484 g/mol. The largest absolute Gasteiger partial charge is 0.340 e. The summed E-state index contributed by atoms with van der Waals surface area (Å²) in [4.78, 5) is 25.7. The average Bonchev–Trinajstić information content (AvgIpc) is 3.14. The van der Waals surface area contributed by atoms with E-state index in [1.165, 1.54) is 0 Å². The van der Waals surface area contributed by atoms with E-state index in [-0.39, 0.29) is 17.7 Å². The van der Waals surface area contributed by atoms with Crippen LogP contribution in [-0.2, 0) is 11.3 Å². The summed E-state index contributed by atoms with van der Waals surface area (Å²) in [6.07, 6.45) is 1.67. The maximum absolute atomic E-state index is 13.0. The van der Waals surface area contributed by atoms with E-state index in [9.17, 15) is 9.59 Å². The quantitative estimate of drug-likeness (QED) is 0.228. The maximum Gasteiger partial charge on any atom is 0.262 e. The van der Waals surface area contributed by atoms with Crippen molar-refractivity contribution in [2.24, 2.45) is 11.0 Å². The second kappa shape index (κ2) is 11.4. The number of fused-ring (bicyclic) bond motifs is 1. The Labute approximate surface area is 222 Å². The third-order valence-electron chi connectivity index (χ3n) is 6.45. The van der Waals surface area contributed by atoms with E-state index in [1.54, 1.807) is 18.3 Å². The molecule has 4 aromatic rings. The van der Waals surface area contributed by atoms with Gasteiger partial charge in [0.1, 0.15) is 6.04 Å². The number of halogens is 1. The molecule has 2 N–H and O–H groups in total. The predicted molar refractivity (Wildman–Crippen MR) is 150 cm³/mol. The summed E-state index contributed by atoms with van der Waals surface area (Å²) < 4.78 is 2.22. The first-order valence-electron chi connectivity index (χ1n) is 12.3. The van der Waals surface area contributed by atoms with Crippen molar-refractivity contribution in [3.63, 3.8) is 0 Å². The molecular formula is C30H31ClN4O2. The molecule has 0 saturated carbocycles. The Hall–Kier alpha value is -3.90. The second-order valence-corrected chi connectivity index (χ2v) is 9.96. The number of carbonyl (C=O) groups excluding carboxylic acids is 2. The Balaban J connectivity index is 1.52. The van der Waals surface area contributed by atoms with Gasteiger partial charge in [-0.1, -0.05) is 73.5 Å². The van der Waals surface area contributed by atoms with Crippen LogP contribution in [0.5, 0.6) is 0 Å². The molecule has 4 rings (SSSR count). The summed E-state index contributed by atoms with van der Waals surface area (Å²) in [5, 5.41) is 8.86. The van der Waals surface area contributed by atoms with E-state index in [0.29, 0.717) is 17.1 Å². The summed E-state index contributed by atoms with van der Waals surface area (Å²) in [6.45, 7) is 8.46. The van der Waals surface area contributed by atoms with Crippen molar-refractivity contribution >= 4 is 40.5 Å². The lowest BCUT2D eigenvalue weighted by atomic mass is 10.0. The van der Waals surface area contributed by atoms with Gasteiger partial charge in [0.15, 0.2) is 0 Å². The van der Waals surface area contributed by atoms with Gasteiger partial charge in [-0.3, -0.25) is 9.59 Å². The molecule has 190 valence electrons. The smallest absolute Gasteiger partial charge is 0.262 e. The highest BCUT2D eigenvalue weighted by atomic mass is 35.5. The Kier molecular flexibility index (Phi) is 8.09. The first kappa shape index (κ1) is 26.2. The molecule has 6 nitrogen and oxygen atoms in total. The van der Waals surface area contributed by atoms with Crippen molar-refractivity contribution in [1.29, 1.82) is 0 Å². The molecule has 3 aromatic carbocycles. The molecule has 2 amide bonds. The molecule has 0 bridgehead atoms. The SMILES string of the molecule is Cc1ccc(C(=O)NC(C(=O)N/N=C\c2c(C)n(Cc3ccc(Cl)cc3)c3ccccc23)C(C)C)cc1. The van der Waals surface area contributed by atoms with Crippen LogP contribution in [0.2, 0.25) is 5.02 Å². The van der Waals surface area contributed by atoms with Crippen LogP contribution in [0, 0.1) is 19.8 Å². The summed E-state index contributed by atoms with van der Waals surface area (Å²) in [5.74, 6) is -0.777. The Morgan fingerprint density at radius 2 is 1.65 bits per heavy atom. The highest BCUT2D eigenvalue weighted by molar-refractivity contribution is 6.30. The van der Waals surface area contributed by atoms with Crippen LogP contribution in [0.15, 0.2) is 77.9 Å². The molecule has 1 atom stereocenters. The monoisotopic (exact) mass is 514 g/mol. The third kappa shape index (κ3) is 6.09. The predicted octanol–water partition coefficient (Wildman–Crippen LogP) is 5.86. The highest BCUT2D eigenvalue weighted by Gasteiger charge is 2.24. The van der Waals surface area contributed by atoms with E-state index < -0.39 is 6.04 Å². The van der Waals surface area contributed by atoms with Crippen molar-refractivity contribution in [3.8, 4) is 0 Å². The van der Waals surface area contributed by atoms with E-state index >= 15 is 0 Å². The van der Waals surface area contributed by atoms with Crippen molar-refractivity contribution in [2.45, 2.75) is 40.3 Å². The van der Waals surface area contributed by atoms with Crippen molar-refractivity contribution in [2.75, 3.05) is 0 Å². The number of aromatic nitrogens is 1. The highest BCUT2D eigenvalue weighted by Crippen LogP contribution is 2.26. The minimum atomic E-state index is -0.724. The molecule has 0 aliphatic rings. The molecule has 37 heavy (non-hydrogen) atoms. The Bertz CT molecular complexity index is 1440. The van der Waals surface area contributed by atoms with E-state index in [2.05, 4.69) is 26.5 Å². The first-order valence-corrected chi connectivity index (χ1v) is 12.6. The molecule has 0 fully saturated rings. The fourth-order valence-electron chi connectivity index (χ4n) is 4.29. The van der Waals surface area contributed by atoms with Gasteiger partial charge in [-0.2, -0.15) is 5.10 Å². The summed E-state index contributed by atoms with van der Waals surface area (Å²) >= 11 is 6.05. The number of aryl methyl sites for hydroxylation is 1. The zero-order valence-electron chi connectivity index (χ0n) is 21.5. The van der Waals surface area contributed by atoms with E-state index in [4.69, 9.17) is 11.6 Å². The van der Waals surface area contributed by atoms with E-state index in [1.807, 2.05) is 82.3 Å². The summed E-state index contributed by atoms with van der Waals surface area (Å²) in [5.41, 5.74) is 8.37. The molecule has 0 aliphatic heterocycles. The zero-order chi connectivity index (χ0) is 26.5. The minimum absolute atomic E-state index is 0.118. The van der Waals surface area contributed by atoms with Crippen LogP contribution < -0.4 is 10.7 Å². The number of nitrogens with one attached hydrogen (secondary N) is 2. The van der Waals surface area contributed by atoms with Gasteiger partial charge in [0.05, 0.1) is 6.21 Å². The van der Waals surface area contributed by atoms with Crippen LogP contribution in [0.4, 0.5) is 0 Å². The van der Waals surface area contributed by atoms with Gasteiger partial charge >= 0.3 is 0 Å². The van der Waals surface area contributed by atoms with Crippen LogP contribution in [0.3, 0.4) is 0 Å². The number of amides is 2. The summed E-state index contributed by atoms with van der Waals surface area (Å²) in [7, 11) is 0. The normalized spacial score (nSPS) is 12.3. The fraction of sp³-hybridized carbons (Fsp3) is 0.233. The number of para-hydroxylation sites is 1. The molecule has 0 saturated heterocycles. The van der Waals surface area contributed by atoms with Crippen LogP contribution in [0.1, 0.15) is 46.6 Å². The topological polar surface area (TPSA) is 75.5 Å². The number of rotatable bonds is 8. The lowest BCUT2D eigenvalue weighted by Crippen LogP contribution is -2.48. The Morgan fingerprint density at radius 3 is 2.32 bits per heavy atom. The van der Waals surface area contributed by atoms with Crippen molar-refractivity contribution < 1.29 is 9.59 Å². The maximum atomic E-state index is 13.0. The van der Waals surface area contributed by atoms with Crippen LogP contribution in [0.25, 0.3) is 10.9 Å². The van der Waals surface area contributed by atoms with E-state index in [0.717, 1.165) is 33.3 Å². The molecule has 1 unspecified atom stereocenters. The first-order chi connectivity index (χ1) is 17.7. The number of carbonyl (C=O) groups is 2. The standard InChI is InChI=1S/C30H31ClN4O2/c1-19(2)28(33-29(36)23-13-9-20(3)10-14-23)30(37)34-32-17-26-21(4)35(27-8-6-5-7-25(26)27)18-22-11-15-24(31)16-12-22/h5-17,19,28H,18H2,1-4H3,(H,33,36)(H,34,37)/b32-17-. The van der Waals surface area contributed by atoms with Gasteiger partial charge in [0.2, 0.25) is 0 Å². The summed E-state index contributed by atoms with van der Waals surface area (Å²) in [6, 6.07) is 22.4. The van der Waals surface area contributed by atoms with Gasteiger partial charge < -0.3 is 9.88 Å². The number of hydrazone groups is 1. The van der Waals surface area contributed by atoms with Crippen molar-refractivity contribution in [3.05, 3.63) is 106 Å². The van der Waals surface area contributed by atoms with Crippen LogP contribution >= 0.6 is 11.6 Å². The molecule has 7 heteroatoms. The van der Waals surface area contributed by atoms with Gasteiger partial charge in [-0.15, -0.1) is 0 Å². The molecule has 1 aromatic heterocycles. The number of hydrogen-bond donors (Lipinski definition) is 2. The lowest BCUT2D eigenvalue weighted by molar-refractivity contribution is -0.123. The number of nitrogens with zero attached hydrogens (tertiary/aromatic N) is 2. The van der Waals surface area contributed by atoms with Gasteiger partial charge in [-0.25, -0.2) is 5.43 Å². The lowest BCUT2D eigenvalue weighted by Gasteiger charge is -2.20. The zero-order valence-corrected chi connectivity index (χ0v) is 22.2. The number of benzene rings is 3. The average molecular weight is 515 g/mol. The third-order valence-corrected chi connectivity index (χ3v) is 6.70. The Morgan fingerprint density at radius 1 is 0.973 bits per heavy atom. The van der Waals surface area contributed by atoms with Gasteiger partial charge in [0, 0.05) is 39.3 Å². The van der Waals surface area contributed by atoms with Crippen LogP contribution in [-0.4, -0.2) is 28.6 Å². The molecule has 0 radical (unpaired) electrons. The fourth-order valence-corrected chi connectivity index (χ4v) is 4.42. The molecule has 1 heterocycles. The van der Waals surface area contributed by atoms with Crippen molar-refractivity contribution in [1.82, 2.24) is 15.3 Å². The molecule has 0 aliphatic carbocycles.